The maximum absolute atomic E-state index is 10.7. The van der Waals surface area contributed by atoms with Gasteiger partial charge in [-0.15, -0.1) is 0 Å². The van der Waals surface area contributed by atoms with E-state index in [-0.39, 0.29) is 24.6 Å². The lowest BCUT2D eigenvalue weighted by atomic mass is 9.93. The van der Waals surface area contributed by atoms with E-state index in [2.05, 4.69) is 20.8 Å². The van der Waals surface area contributed by atoms with Crippen LogP contribution in [-0.4, -0.2) is 44.4 Å². The molecule has 0 bridgehead atoms. The molecule has 0 radical (unpaired) electrons. The van der Waals surface area contributed by atoms with Gasteiger partial charge in [-0.25, -0.2) is 0 Å². The smallest absolute Gasteiger partial charge is 0.155 e. The van der Waals surface area contributed by atoms with Crippen molar-refractivity contribution < 1.29 is 19.0 Å². The van der Waals surface area contributed by atoms with Crippen molar-refractivity contribution in [2.75, 3.05) is 26.4 Å². The molecule has 0 saturated heterocycles. The molecule has 0 saturated carbocycles. The standard InChI is InChI=1S/C15H30O4/c1-12(16)11-17-9-10-19-14(3)13(2)18-8-7-15(4,5)6/h13-14H,7-11H2,1-6H3/t13-,14-/m1/s1. The molecule has 0 aromatic rings. The van der Waals surface area contributed by atoms with Crippen LogP contribution in [0.25, 0.3) is 0 Å². The summed E-state index contributed by atoms with van der Waals surface area (Å²) in [7, 11) is 0. The monoisotopic (exact) mass is 274 g/mol. The van der Waals surface area contributed by atoms with Crippen molar-refractivity contribution in [2.24, 2.45) is 5.41 Å². The molecule has 4 heteroatoms. The SMILES string of the molecule is CC(=O)COCCO[C@H](C)[C@@H](C)OCCC(C)(C)C. The molecular weight excluding hydrogens is 244 g/mol. The highest BCUT2D eigenvalue weighted by Gasteiger charge is 2.15. The van der Waals surface area contributed by atoms with Gasteiger partial charge < -0.3 is 14.2 Å². The molecule has 2 atom stereocenters. The predicted molar refractivity (Wildman–Crippen MR) is 76.4 cm³/mol. The Kier molecular flexibility index (Phi) is 9.23. The van der Waals surface area contributed by atoms with E-state index in [9.17, 15) is 4.79 Å². The second-order valence-corrected chi connectivity index (χ2v) is 6.22. The van der Waals surface area contributed by atoms with Gasteiger partial charge in [0.15, 0.2) is 5.78 Å². The Morgan fingerprint density at radius 2 is 1.53 bits per heavy atom. The molecule has 0 N–H and O–H groups in total. The molecular formula is C15H30O4. The molecule has 0 aliphatic heterocycles. The van der Waals surface area contributed by atoms with Gasteiger partial charge in [-0.2, -0.15) is 0 Å². The first kappa shape index (κ1) is 18.6. The van der Waals surface area contributed by atoms with Crippen molar-refractivity contribution in [2.45, 2.75) is 60.2 Å². The van der Waals surface area contributed by atoms with Crippen LogP contribution in [0.1, 0.15) is 48.0 Å². The van der Waals surface area contributed by atoms with E-state index in [0.29, 0.717) is 18.6 Å². The second-order valence-electron chi connectivity index (χ2n) is 6.22. The quantitative estimate of drug-likeness (QED) is 0.575. The van der Waals surface area contributed by atoms with Crippen LogP contribution in [0.5, 0.6) is 0 Å². The molecule has 0 aliphatic carbocycles. The summed E-state index contributed by atoms with van der Waals surface area (Å²) in [4.78, 5) is 10.7. The molecule has 0 aromatic heterocycles. The molecule has 0 rings (SSSR count). The van der Waals surface area contributed by atoms with Gasteiger partial charge in [0, 0.05) is 6.61 Å². The van der Waals surface area contributed by atoms with Crippen LogP contribution in [0.15, 0.2) is 0 Å². The topological polar surface area (TPSA) is 44.8 Å². The number of hydrogen-bond donors (Lipinski definition) is 0. The number of ketones is 1. The minimum Gasteiger partial charge on any atom is -0.376 e. The number of carbonyl (C=O) groups is 1. The first-order valence-corrected chi connectivity index (χ1v) is 7.03. The molecule has 0 spiro atoms. The molecule has 0 aliphatic rings. The number of carbonyl (C=O) groups excluding carboxylic acids is 1. The summed E-state index contributed by atoms with van der Waals surface area (Å²) in [5.74, 6) is 0.0342. The number of Topliss-reactive ketones (excluding diaryl/α,β-unsaturated/α-hetero) is 1. The van der Waals surface area contributed by atoms with Crippen molar-refractivity contribution in [3.8, 4) is 0 Å². The van der Waals surface area contributed by atoms with E-state index in [4.69, 9.17) is 14.2 Å². The van der Waals surface area contributed by atoms with Crippen LogP contribution < -0.4 is 0 Å². The van der Waals surface area contributed by atoms with Gasteiger partial charge in [0.05, 0.1) is 25.4 Å². The lowest BCUT2D eigenvalue weighted by molar-refractivity contribution is -0.122. The van der Waals surface area contributed by atoms with Gasteiger partial charge >= 0.3 is 0 Å². The fourth-order valence-corrected chi connectivity index (χ4v) is 1.33. The molecule has 0 amide bonds. The Bertz CT molecular complexity index is 245. The Morgan fingerprint density at radius 3 is 2.00 bits per heavy atom. The van der Waals surface area contributed by atoms with E-state index in [0.717, 1.165) is 13.0 Å². The Labute approximate surface area is 117 Å². The van der Waals surface area contributed by atoms with Crippen LogP contribution in [0, 0.1) is 5.41 Å². The highest BCUT2D eigenvalue weighted by Crippen LogP contribution is 2.18. The number of hydrogen-bond acceptors (Lipinski definition) is 4. The van der Waals surface area contributed by atoms with E-state index >= 15 is 0 Å². The molecule has 0 aromatic carbocycles. The Morgan fingerprint density at radius 1 is 1.00 bits per heavy atom. The lowest BCUT2D eigenvalue weighted by Gasteiger charge is -2.24. The van der Waals surface area contributed by atoms with E-state index < -0.39 is 0 Å². The van der Waals surface area contributed by atoms with E-state index in [1.807, 2.05) is 13.8 Å². The maximum Gasteiger partial charge on any atom is 0.155 e. The molecule has 19 heavy (non-hydrogen) atoms. The van der Waals surface area contributed by atoms with E-state index in [1.165, 1.54) is 6.92 Å². The fourth-order valence-electron chi connectivity index (χ4n) is 1.33. The summed E-state index contributed by atoms with van der Waals surface area (Å²) in [6.07, 6.45) is 1.13. The molecule has 0 heterocycles. The van der Waals surface area contributed by atoms with Crippen molar-refractivity contribution >= 4 is 5.78 Å². The first-order valence-electron chi connectivity index (χ1n) is 7.03. The lowest BCUT2D eigenvalue weighted by Crippen LogP contribution is -2.28. The zero-order chi connectivity index (χ0) is 14.9. The molecule has 4 nitrogen and oxygen atoms in total. The number of ether oxygens (including phenoxy) is 3. The van der Waals surface area contributed by atoms with Gasteiger partial charge in [-0.05, 0) is 32.6 Å². The Balaban J connectivity index is 3.59. The first-order chi connectivity index (χ1) is 8.72. The summed E-state index contributed by atoms with van der Waals surface area (Å²) in [5, 5.41) is 0. The fraction of sp³-hybridized carbons (Fsp3) is 0.933. The van der Waals surface area contributed by atoms with Crippen molar-refractivity contribution in [1.29, 1.82) is 0 Å². The van der Waals surface area contributed by atoms with Gasteiger partial charge in [-0.3, -0.25) is 4.79 Å². The highest BCUT2D eigenvalue weighted by molar-refractivity contribution is 5.76. The second kappa shape index (κ2) is 9.45. The van der Waals surface area contributed by atoms with Gasteiger partial charge in [0.1, 0.15) is 6.61 Å². The van der Waals surface area contributed by atoms with Crippen molar-refractivity contribution in [1.82, 2.24) is 0 Å². The van der Waals surface area contributed by atoms with Gasteiger partial charge in [0.2, 0.25) is 0 Å². The average Bonchev–Trinajstić information content (AvgIpc) is 2.25. The van der Waals surface area contributed by atoms with Crippen LogP contribution in [-0.2, 0) is 19.0 Å². The highest BCUT2D eigenvalue weighted by atomic mass is 16.6. The van der Waals surface area contributed by atoms with Crippen molar-refractivity contribution in [3.63, 3.8) is 0 Å². The number of rotatable bonds is 10. The minimum absolute atomic E-state index is 0.0286. The van der Waals surface area contributed by atoms with Crippen LogP contribution in [0.3, 0.4) is 0 Å². The van der Waals surface area contributed by atoms with Crippen LogP contribution in [0.2, 0.25) is 0 Å². The van der Waals surface area contributed by atoms with Gasteiger partial charge in [0.25, 0.3) is 0 Å². The summed E-state index contributed by atoms with van der Waals surface area (Å²) < 4.78 is 16.5. The molecule has 0 unspecified atom stereocenters. The van der Waals surface area contributed by atoms with Crippen molar-refractivity contribution in [3.05, 3.63) is 0 Å². The summed E-state index contributed by atoms with van der Waals surface area (Å²) >= 11 is 0. The molecule has 114 valence electrons. The summed E-state index contributed by atoms with van der Waals surface area (Å²) in [6.45, 7) is 14.0. The third-order valence-corrected chi connectivity index (χ3v) is 2.81. The van der Waals surface area contributed by atoms with E-state index in [1.54, 1.807) is 0 Å². The minimum atomic E-state index is 0.0286. The largest absolute Gasteiger partial charge is 0.376 e. The zero-order valence-corrected chi connectivity index (χ0v) is 13.3. The van der Waals surface area contributed by atoms with Crippen LogP contribution in [0.4, 0.5) is 0 Å². The average molecular weight is 274 g/mol. The Hall–Kier alpha value is -0.450. The normalized spacial score (nSPS) is 15.3. The summed E-state index contributed by atoms with van der Waals surface area (Å²) in [6, 6.07) is 0. The van der Waals surface area contributed by atoms with Crippen LogP contribution >= 0.6 is 0 Å². The third-order valence-electron chi connectivity index (χ3n) is 2.81. The predicted octanol–water partition coefficient (Wildman–Crippen LogP) is 2.84. The third kappa shape index (κ3) is 12.3. The molecule has 0 fully saturated rings. The maximum atomic E-state index is 10.7. The van der Waals surface area contributed by atoms with Gasteiger partial charge in [-0.1, -0.05) is 20.8 Å². The summed E-state index contributed by atoms with van der Waals surface area (Å²) in [5.41, 5.74) is 0.296. The zero-order valence-electron chi connectivity index (χ0n) is 13.3.